The maximum Gasteiger partial charge on any atom is 0.384 e. The van der Waals surface area contributed by atoms with Gasteiger partial charge in [-0.3, -0.25) is 0 Å². The lowest BCUT2D eigenvalue weighted by atomic mass is 10.2. The third kappa shape index (κ3) is 2.99. The van der Waals surface area contributed by atoms with E-state index in [0.29, 0.717) is 5.56 Å². The molecule has 0 atom stereocenters. The van der Waals surface area contributed by atoms with E-state index in [1.165, 1.54) is 32.4 Å². The first-order valence-corrected chi connectivity index (χ1v) is 4.11. The predicted octanol–water partition coefficient (Wildman–Crippen LogP) is 1.36. The van der Waals surface area contributed by atoms with Crippen LogP contribution in [-0.4, -0.2) is 20.2 Å². The minimum Gasteiger partial charge on any atom is -0.495 e. The van der Waals surface area contributed by atoms with E-state index in [2.05, 4.69) is 16.6 Å². The molecule has 0 saturated carbocycles. The highest BCUT2D eigenvalue weighted by Gasteiger charge is 2.01. The Balaban J connectivity index is 3.02. The van der Waals surface area contributed by atoms with E-state index in [1.54, 1.807) is 0 Å². The Morgan fingerprint density at radius 2 is 2.13 bits per heavy atom. The zero-order valence-corrected chi connectivity index (χ0v) is 8.33. The largest absolute Gasteiger partial charge is 0.495 e. The summed E-state index contributed by atoms with van der Waals surface area (Å²) in [6.45, 7) is 0. The average Bonchev–Trinajstić information content (AvgIpc) is 2.26. The number of hydrogen-bond acceptors (Lipinski definition) is 3. The van der Waals surface area contributed by atoms with E-state index < -0.39 is 11.8 Å². The van der Waals surface area contributed by atoms with E-state index in [-0.39, 0.29) is 5.75 Å². The van der Waals surface area contributed by atoms with Crippen LogP contribution >= 0.6 is 0 Å². The zero-order valence-electron chi connectivity index (χ0n) is 8.33. The van der Waals surface area contributed by atoms with Crippen molar-refractivity contribution < 1.29 is 18.7 Å². The van der Waals surface area contributed by atoms with E-state index >= 15 is 0 Å². The van der Waals surface area contributed by atoms with Crippen LogP contribution in [0.2, 0.25) is 0 Å². The van der Waals surface area contributed by atoms with Gasteiger partial charge in [0.1, 0.15) is 11.6 Å². The molecule has 0 unspecified atom stereocenters. The second-order valence-electron chi connectivity index (χ2n) is 2.59. The lowest BCUT2D eigenvalue weighted by Crippen LogP contribution is -1.95. The third-order valence-electron chi connectivity index (χ3n) is 1.65. The fraction of sp³-hybridized carbons (Fsp3) is 0.182. The van der Waals surface area contributed by atoms with E-state index in [9.17, 15) is 9.18 Å². The molecule has 0 amide bonds. The number of hydrogen-bond donors (Lipinski definition) is 0. The van der Waals surface area contributed by atoms with Gasteiger partial charge in [-0.15, -0.1) is 0 Å². The summed E-state index contributed by atoms with van der Waals surface area (Å²) in [5.41, 5.74) is 0.435. The molecule has 0 fully saturated rings. The molecule has 0 spiro atoms. The van der Waals surface area contributed by atoms with Crippen molar-refractivity contribution in [2.24, 2.45) is 0 Å². The minimum atomic E-state index is -0.652. The van der Waals surface area contributed by atoms with Crippen molar-refractivity contribution in [1.82, 2.24) is 0 Å². The van der Waals surface area contributed by atoms with Crippen LogP contribution in [0, 0.1) is 17.7 Å². The normalized spacial score (nSPS) is 8.73. The third-order valence-corrected chi connectivity index (χ3v) is 1.65. The van der Waals surface area contributed by atoms with Crippen LogP contribution in [0.1, 0.15) is 5.56 Å². The lowest BCUT2D eigenvalue weighted by Gasteiger charge is -2.01. The first-order valence-electron chi connectivity index (χ1n) is 4.11. The maximum atomic E-state index is 12.8. The van der Waals surface area contributed by atoms with Crippen LogP contribution in [-0.2, 0) is 9.53 Å². The van der Waals surface area contributed by atoms with Crippen molar-refractivity contribution in [3.05, 3.63) is 29.6 Å². The number of halogens is 1. The average molecular weight is 208 g/mol. The van der Waals surface area contributed by atoms with Crippen LogP contribution in [0.4, 0.5) is 4.39 Å². The minimum absolute atomic E-state index is 0.284. The number of carbonyl (C=O) groups excluding carboxylic acids is 1. The second-order valence-corrected chi connectivity index (χ2v) is 2.59. The summed E-state index contributed by atoms with van der Waals surface area (Å²) >= 11 is 0. The summed E-state index contributed by atoms with van der Waals surface area (Å²) in [7, 11) is 2.64. The second kappa shape index (κ2) is 5.01. The molecule has 0 aromatic heterocycles. The molecule has 0 aliphatic rings. The Kier molecular flexibility index (Phi) is 3.69. The molecule has 15 heavy (non-hydrogen) atoms. The van der Waals surface area contributed by atoms with Gasteiger partial charge >= 0.3 is 5.97 Å². The van der Waals surface area contributed by atoms with Crippen LogP contribution in [0.15, 0.2) is 18.2 Å². The predicted molar refractivity (Wildman–Crippen MR) is 51.8 cm³/mol. The molecule has 3 nitrogen and oxygen atoms in total. The van der Waals surface area contributed by atoms with Crippen LogP contribution in [0.25, 0.3) is 0 Å². The standard InChI is InChI=1S/C11H9FO3/c1-14-10-7-9(12)5-3-8(10)4-6-11(13)15-2/h3,5,7H,1-2H3. The Morgan fingerprint density at radius 3 is 2.73 bits per heavy atom. The number of carbonyl (C=O) groups is 1. The Labute approximate surface area is 86.8 Å². The van der Waals surface area contributed by atoms with Gasteiger partial charge in [0, 0.05) is 12.0 Å². The smallest absolute Gasteiger partial charge is 0.384 e. The summed E-state index contributed by atoms with van der Waals surface area (Å²) < 4.78 is 22.0. The van der Waals surface area contributed by atoms with Crippen molar-refractivity contribution in [3.8, 4) is 17.6 Å². The molecule has 0 aliphatic heterocycles. The molecule has 1 aromatic rings. The van der Waals surface area contributed by atoms with Gasteiger partial charge in [-0.05, 0) is 12.1 Å². The van der Waals surface area contributed by atoms with Crippen molar-refractivity contribution in [2.45, 2.75) is 0 Å². The molecule has 0 N–H and O–H groups in total. The fourth-order valence-corrected chi connectivity index (χ4v) is 0.938. The highest BCUT2D eigenvalue weighted by molar-refractivity contribution is 5.89. The molecule has 1 rings (SSSR count). The van der Waals surface area contributed by atoms with Gasteiger partial charge in [-0.2, -0.15) is 0 Å². The highest BCUT2D eigenvalue weighted by atomic mass is 19.1. The fourth-order valence-electron chi connectivity index (χ4n) is 0.938. The molecular weight excluding hydrogens is 199 g/mol. The maximum absolute atomic E-state index is 12.8. The summed E-state index contributed by atoms with van der Waals surface area (Å²) in [6, 6.07) is 3.87. The summed E-state index contributed by atoms with van der Waals surface area (Å²) in [4.78, 5) is 10.7. The monoisotopic (exact) mass is 208 g/mol. The molecule has 4 heteroatoms. The van der Waals surface area contributed by atoms with Gasteiger partial charge in [0.15, 0.2) is 0 Å². The molecule has 0 bridgehead atoms. The van der Waals surface area contributed by atoms with Crippen LogP contribution < -0.4 is 4.74 Å². The summed E-state index contributed by atoms with van der Waals surface area (Å²) in [6.07, 6.45) is 0. The highest BCUT2D eigenvalue weighted by Crippen LogP contribution is 2.17. The Hall–Kier alpha value is -2.02. The number of ether oxygens (including phenoxy) is 2. The molecule has 0 saturated heterocycles. The van der Waals surface area contributed by atoms with Gasteiger partial charge in [0.2, 0.25) is 0 Å². The van der Waals surface area contributed by atoms with Crippen LogP contribution in [0.5, 0.6) is 5.75 Å². The van der Waals surface area contributed by atoms with Gasteiger partial charge in [-0.1, -0.05) is 5.92 Å². The van der Waals surface area contributed by atoms with Crippen molar-refractivity contribution in [3.63, 3.8) is 0 Å². The molecule has 0 radical (unpaired) electrons. The van der Waals surface area contributed by atoms with Gasteiger partial charge in [0.05, 0.1) is 19.8 Å². The summed E-state index contributed by atoms with van der Waals surface area (Å²) in [5, 5.41) is 0. The lowest BCUT2D eigenvalue weighted by molar-refractivity contribution is -0.133. The number of benzene rings is 1. The van der Waals surface area contributed by atoms with Crippen LogP contribution in [0.3, 0.4) is 0 Å². The molecular formula is C11H9FO3. The molecule has 0 aliphatic carbocycles. The number of rotatable bonds is 1. The topological polar surface area (TPSA) is 35.5 Å². The first-order chi connectivity index (χ1) is 7.17. The number of esters is 1. The first kappa shape index (κ1) is 11.1. The van der Waals surface area contributed by atoms with E-state index in [4.69, 9.17) is 4.74 Å². The zero-order chi connectivity index (χ0) is 11.3. The Morgan fingerprint density at radius 1 is 1.40 bits per heavy atom. The molecule has 78 valence electrons. The molecule has 0 heterocycles. The van der Waals surface area contributed by atoms with Gasteiger partial charge in [0.25, 0.3) is 0 Å². The SMILES string of the molecule is COC(=O)C#Cc1ccc(F)cc1OC. The Bertz CT molecular complexity index is 429. The quantitative estimate of drug-likeness (QED) is 0.516. The van der Waals surface area contributed by atoms with Crippen molar-refractivity contribution in [2.75, 3.05) is 14.2 Å². The van der Waals surface area contributed by atoms with Crippen molar-refractivity contribution >= 4 is 5.97 Å². The molecule has 1 aromatic carbocycles. The summed E-state index contributed by atoms with van der Waals surface area (Å²) in [5.74, 6) is 3.97. The van der Waals surface area contributed by atoms with Crippen molar-refractivity contribution in [1.29, 1.82) is 0 Å². The number of methoxy groups -OCH3 is 2. The van der Waals surface area contributed by atoms with E-state index in [1.807, 2.05) is 0 Å². The van der Waals surface area contributed by atoms with Gasteiger partial charge < -0.3 is 9.47 Å². The van der Waals surface area contributed by atoms with E-state index in [0.717, 1.165) is 0 Å². The van der Waals surface area contributed by atoms with Gasteiger partial charge in [-0.25, -0.2) is 9.18 Å².